The summed E-state index contributed by atoms with van der Waals surface area (Å²) >= 11 is 1.62. The molecule has 34 heavy (non-hydrogen) atoms. The molecule has 0 spiro atoms. The summed E-state index contributed by atoms with van der Waals surface area (Å²) in [5, 5.41) is 23.8. The number of hydrogen-bond donors (Lipinski definition) is 3. The van der Waals surface area contributed by atoms with E-state index in [1.165, 1.54) is 0 Å². The molecule has 4 bridgehead atoms. The van der Waals surface area contributed by atoms with Crippen molar-refractivity contribution in [1.82, 2.24) is 10.3 Å². The third kappa shape index (κ3) is 3.94. The van der Waals surface area contributed by atoms with Gasteiger partial charge in [-0.05, 0) is 74.2 Å². The number of anilines is 1. The first kappa shape index (κ1) is 22.5. The summed E-state index contributed by atoms with van der Waals surface area (Å²) < 4.78 is 4.96. The van der Waals surface area contributed by atoms with Crippen molar-refractivity contribution < 1.29 is 24.5 Å². The molecule has 1 aliphatic heterocycles. The van der Waals surface area contributed by atoms with Gasteiger partial charge in [-0.3, -0.25) is 4.79 Å². The summed E-state index contributed by atoms with van der Waals surface area (Å²) in [5.74, 6) is 3.50. The average molecular weight is 488 g/mol. The first-order valence-corrected chi connectivity index (χ1v) is 13.6. The first-order valence-electron chi connectivity index (χ1n) is 12.6. The highest BCUT2D eigenvalue weighted by Gasteiger charge is 2.59. The van der Waals surface area contributed by atoms with Crippen LogP contribution in [-0.4, -0.2) is 63.8 Å². The molecule has 0 radical (unpaired) electrons. The predicted octanol–water partition coefficient (Wildman–Crippen LogP) is 3.38. The van der Waals surface area contributed by atoms with E-state index in [0.29, 0.717) is 23.3 Å². The number of carbonyl (C=O) groups is 2. The number of rotatable bonds is 7. The maximum absolute atomic E-state index is 13.4. The number of piperidine rings is 1. The van der Waals surface area contributed by atoms with E-state index in [4.69, 9.17) is 14.8 Å². The van der Waals surface area contributed by atoms with Gasteiger partial charge in [-0.15, -0.1) is 11.8 Å². The smallest absolute Gasteiger partial charge is 0.450 e. The molecule has 0 aromatic carbocycles. The molecule has 9 heteroatoms. The number of aliphatic hydroxyl groups is 1. The third-order valence-corrected chi connectivity index (χ3v) is 9.95. The number of nitrogens with one attached hydrogen (secondary N) is 1. The topological polar surface area (TPSA) is 112 Å². The van der Waals surface area contributed by atoms with Gasteiger partial charge in [0.25, 0.3) is 5.91 Å². The number of aromatic nitrogens is 1. The molecular formula is C25H33N3O5S. The van der Waals surface area contributed by atoms with Crippen molar-refractivity contribution in [3.05, 3.63) is 17.7 Å². The lowest BCUT2D eigenvalue weighted by Gasteiger charge is -2.58. The summed E-state index contributed by atoms with van der Waals surface area (Å²) in [4.78, 5) is 31.3. The molecule has 8 nitrogen and oxygen atoms in total. The molecular weight excluding hydrogens is 454 g/mol. The monoisotopic (exact) mass is 487 g/mol. The van der Waals surface area contributed by atoms with Gasteiger partial charge in [0.1, 0.15) is 16.9 Å². The van der Waals surface area contributed by atoms with Crippen LogP contribution in [0.4, 0.5) is 10.6 Å². The second kappa shape index (κ2) is 8.29. The highest BCUT2D eigenvalue weighted by atomic mass is 32.2. The summed E-state index contributed by atoms with van der Waals surface area (Å²) in [5.41, 5.74) is 0.125. The Hall–Kier alpha value is -2.00. The molecule has 3 N–H and O–H groups in total. The fraction of sp³-hybridized carbons (Fsp3) is 0.720. The highest BCUT2D eigenvalue weighted by molar-refractivity contribution is 7.99. The van der Waals surface area contributed by atoms with Gasteiger partial charge < -0.3 is 25.2 Å². The van der Waals surface area contributed by atoms with Crippen molar-refractivity contribution in [2.75, 3.05) is 23.7 Å². The van der Waals surface area contributed by atoms with Crippen LogP contribution in [0.2, 0.25) is 0 Å². The zero-order chi connectivity index (χ0) is 23.6. The summed E-state index contributed by atoms with van der Waals surface area (Å²) in [6, 6.07) is 3.96. The van der Waals surface area contributed by atoms with E-state index < -0.39 is 11.8 Å². The molecule has 1 aromatic rings. The molecule has 3 unspecified atom stereocenters. The van der Waals surface area contributed by atoms with Gasteiger partial charge in [0.05, 0.1) is 11.2 Å². The van der Waals surface area contributed by atoms with Crippen LogP contribution in [0.15, 0.2) is 17.2 Å². The van der Waals surface area contributed by atoms with Crippen LogP contribution in [-0.2, 0) is 4.74 Å². The lowest BCUT2D eigenvalue weighted by atomic mass is 9.52. The molecule has 184 valence electrons. The van der Waals surface area contributed by atoms with E-state index in [9.17, 15) is 14.7 Å². The van der Waals surface area contributed by atoms with Crippen molar-refractivity contribution >= 4 is 29.6 Å². The van der Waals surface area contributed by atoms with Crippen molar-refractivity contribution in [1.29, 1.82) is 0 Å². The minimum absolute atomic E-state index is 0.0543. The number of carbonyl (C=O) groups excluding carboxylic acids is 1. The van der Waals surface area contributed by atoms with Crippen molar-refractivity contribution in [3.8, 4) is 0 Å². The number of hydrogen-bond acceptors (Lipinski definition) is 7. The fourth-order valence-electron chi connectivity index (χ4n) is 7.48. The summed E-state index contributed by atoms with van der Waals surface area (Å²) in [6.45, 7) is 3.58. The van der Waals surface area contributed by atoms with Crippen LogP contribution in [0.25, 0.3) is 0 Å². The molecule has 6 fully saturated rings. The normalized spacial score (nSPS) is 39.1. The lowest BCUT2D eigenvalue weighted by molar-refractivity contribution is -0.136. The molecule has 1 saturated heterocycles. The third-order valence-electron chi connectivity index (χ3n) is 8.75. The van der Waals surface area contributed by atoms with Gasteiger partial charge in [-0.2, -0.15) is 0 Å². The lowest BCUT2D eigenvalue weighted by Crippen LogP contribution is -2.61. The Morgan fingerprint density at radius 1 is 1.21 bits per heavy atom. The molecule has 6 aliphatic rings. The van der Waals surface area contributed by atoms with Crippen LogP contribution in [0.5, 0.6) is 0 Å². The molecule has 5 saturated carbocycles. The van der Waals surface area contributed by atoms with Gasteiger partial charge in [-0.25, -0.2) is 9.78 Å². The van der Waals surface area contributed by atoms with Crippen molar-refractivity contribution in [2.24, 2.45) is 29.6 Å². The van der Waals surface area contributed by atoms with Gasteiger partial charge >= 0.3 is 6.16 Å². The second-order valence-electron chi connectivity index (χ2n) is 11.1. The van der Waals surface area contributed by atoms with Gasteiger partial charge in [0.2, 0.25) is 0 Å². The van der Waals surface area contributed by atoms with E-state index in [1.54, 1.807) is 11.8 Å². The number of ether oxygens (including phenoxy) is 1. The Morgan fingerprint density at radius 3 is 2.53 bits per heavy atom. The van der Waals surface area contributed by atoms with Crippen LogP contribution in [0, 0.1) is 29.6 Å². The SMILES string of the molecule is CCCSc1nc(N2C[C@@H]3C(OC(=O)O)[C@@H]3C2)ccc1C(=O)N[C@H]1C2CC3CC1C[C@@](O)(C3)C2. The Balaban J connectivity index is 1.16. The first-order chi connectivity index (χ1) is 16.3. The zero-order valence-electron chi connectivity index (χ0n) is 19.5. The number of nitrogens with zero attached hydrogens (tertiary/aromatic N) is 2. The van der Waals surface area contributed by atoms with Crippen molar-refractivity contribution in [2.45, 2.75) is 68.2 Å². The molecule has 5 aliphatic carbocycles. The highest BCUT2D eigenvalue weighted by Crippen LogP contribution is 2.55. The van der Waals surface area contributed by atoms with Crippen molar-refractivity contribution in [3.63, 3.8) is 0 Å². The number of fused-ring (bicyclic) bond motifs is 1. The molecule has 2 heterocycles. The van der Waals surface area contributed by atoms with E-state index >= 15 is 0 Å². The van der Waals surface area contributed by atoms with Gasteiger partial charge in [-0.1, -0.05) is 6.92 Å². The number of thioether (sulfide) groups is 1. The van der Waals surface area contributed by atoms with Crippen LogP contribution in [0.1, 0.15) is 55.8 Å². The minimum atomic E-state index is -1.20. The van der Waals surface area contributed by atoms with E-state index in [1.807, 2.05) is 12.1 Å². The minimum Gasteiger partial charge on any atom is -0.450 e. The average Bonchev–Trinajstić information content (AvgIpc) is 3.20. The Kier molecular flexibility index (Phi) is 5.48. The number of pyridine rings is 1. The standard InChI is InChI=1S/C25H33N3O5S/c1-2-5-34-23-16(3-4-19(26-23)28-11-17-18(12-28)21(17)33-24(30)31)22(29)27-20-14-6-13-7-15(20)10-25(32,8-13)9-14/h3-4,13-15,17-18,20-21,32H,2,5-12H2,1H3,(H,27,29)(H,30,31)/t13?,14?,15?,17-,18+,20-,21?,25+. The van der Waals surface area contributed by atoms with E-state index in [0.717, 1.165) is 68.2 Å². The number of carboxylic acid groups (broad SMARTS) is 1. The Labute approximate surface area is 203 Å². The maximum atomic E-state index is 13.4. The van der Waals surface area contributed by atoms with Crippen LogP contribution >= 0.6 is 11.8 Å². The van der Waals surface area contributed by atoms with Gasteiger partial charge in [0.15, 0.2) is 0 Å². The molecule has 1 aromatic heterocycles. The van der Waals surface area contributed by atoms with Gasteiger partial charge in [0, 0.05) is 31.0 Å². The summed E-state index contributed by atoms with van der Waals surface area (Å²) in [6.07, 6.45) is 4.38. The van der Waals surface area contributed by atoms with E-state index in [2.05, 4.69) is 17.1 Å². The molecule has 1 amide bonds. The number of amides is 1. The maximum Gasteiger partial charge on any atom is 0.506 e. The Bertz CT molecular complexity index is 977. The molecule has 7 rings (SSSR count). The predicted molar refractivity (Wildman–Crippen MR) is 127 cm³/mol. The quantitative estimate of drug-likeness (QED) is 0.396. The molecule has 5 atom stereocenters. The zero-order valence-corrected chi connectivity index (χ0v) is 20.3. The van der Waals surface area contributed by atoms with E-state index in [-0.39, 0.29) is 29.9 Å². The van der Waals surface area contributed by atoms with Crippen LogP contribution < -0.4 is 10.2 Å². The Morgan fingerprint density at radius 2 is 1.91 bits per heavy atom. The fourth-order valence-corrected chi connectivity index (χ4v) is 8.36. The summed E-state index contributed by atoms with van der Waals surface area (Å²) in [7, 11) is 0. The van der Waals surface area contributed by atoms with Crippen LogP contribution in [0.3, 0.4) is 0 Å². The second-order valence-corrected chi connectivity index (χ2v) is 12.2. The largest absolute Gasteiger partial charge is 0.506 e.